The zero-order valence-electron chi connectivity index (χ0n) is 9.33. The Morgan fingerprint density at radius 2 is 2.27 bits per heavy atom. The van der Waals surface area contributed by atoms with Crippen LogP contribution in [0.25, 0.3) is 0 Å². The van der Waals surface area contributed by atoms with Crippen LogP contribution in [0.3, 0.4) is 0 Å². The van der Waals surface area contributed by atoms with Gasteiger partial charge in [0.1, 0.15) is 0 Å². The van der Waals surface area contributed by atoms with Crippen LogP contribution in [0.15, 0.2) is 11.6 Å². The van der Waals surface area contributed by atoms with E-state index >= 15 is 0 Å². The summed E-state index contributed by atoms with van der Waals surface area (Å²) in [5.74, 6) is 0.0616. The minimum absolute atomic E-state index is 0.0616. The first kappa shape index (κ1) is 12.0. The summed E-state index contributed by atoms with van der Waals surface area (Å²) in [6.45, 7) is 6.53. The maximum Gasteiger partial charge on any atom is 0.222 e. The van der Waals surface area contributed by atoms with Crippen molar-refractivity contribution in [1.29, 1.82) is 0 Å². The molecule has 0 saturated heterocycles. The van der Waals surface area contributed by atoms with Crippen molar-refractivity contribution >= 4 is 22.4 Å². The van der Waals surface area contributed by atoms with Gasteiger partial charge in [-0.1, -0.05) is 0 Å². The van der Waals surface area contributed by atoms with Crippen molar-refractivity contribution in [2.24, 2.45) is 0 Å². The Balaban J connectivity index is 2.18. The standard InChI is InChI=1S/C10H17N3OS/c1-10(2,3)13-8(14)4-5-11-9-12-6-7-15-9/h6-7H,4-5H2,1-3H3,(H,11,12)(H,13,14). The molecule has 1 rings (SSSR count). The summed E-state index contributed by atoms with van der Waals surface area (Å²) in [5, 5.41) is 8.75. The summed E-state index contributed by atoms with van der Waals surface area (Å²) in [6, 6.07) is 0. The maximum atomic E-state index is 11.4. The Morgan fingerprint density at radius 1 is 1.53 bits per heavy atom. The fourth-order valence-corrected chi connectivity index (χ4v) is 1.63. The topological polar surface area (TPSA) is 54.0 Å². The fourth-order valence-electron chi connectivity index (χ4n) is 1.07. The maximum absolute atomic E-state index is 11.4. The Morgan fingerprint density at radius 3 is 2.80 bits per heavy atom. The number of thiazole rings is 1. The van der Waals surface area contributed by atoms with E-state index in [2.05, 4.69) is 15.6 Å². The molecule has 1 heterocycles. The Kier molecular flexibility index (Phi) is 4.08. The van der Waals surface area contributed by atoms with E-state index in [1.807, 2.05) is 26.2 Å². The smallest absolute Gasteiger partial charge is 0.222 e. The van der Waals surface area contributed by atoms with E-state index in [-0.39, 0.29) is 11.4 Å². The summed E-state index contributed by atoms with van der Waals surface area (Å²) < 4.78 is 0. The van der Waals surface area contributed by atoms with E-state index in [0.29, 0.717) is 13.0 Å². The van der Waals surface area contributed by atoms with E-state index in [0.717, 1.165) is 5.13 Å². The minimum atomic E-state index is -0.154. The summed E-state index contributed by atoms with van der Waals surface area (Å²) >= 11 is 1.53. The van der Waals surface area contributed by atoms with Crippen LogP contribution in [0, 0.1) is 0 Å². The van der Waals surface area contributed by atoms with Crippen LogP contribution in [-0.2, 0) is 4.79 Å². The van der Waals surface area contributed by atoms with Crippen LogP contribution in [0.5, 0.6) is 0 Å². The van der Waals surface area contributed by atoms with Crippen molar-refractivity contribution < 1.29 is 4.79 Å². The van der Waals surface area contributed by atoms with E-state index in [1.165, 1.54) is 11.3 Å². The van der Waals surface area contributed by atoms with Crippen LogP contribution in [-0.4, -0.2) is 23.0 Å². The lowest BCUT2D eigenvalue weighted by atomic mass is 10.1. The summed E-state index contributed by atoms with van der Waals surface area (Å²) in [4.78, 5) is 15.5. The van der Waals surface area contributed by atoms with Crippen molar-refractivity contribution in [3.63, 3.8) is 0 Å². The number of carbonyl (C=O) groups excluding carboxylic acids is 1. The third-order valence-corrected chi connectivity index (χ3v) is 2.31. The molecule has 0 aromatic carbocycles. The van der Waals surface area contributed by atoms with Gasteiger partial charge in [0.15, 0.2) is 5.13 Å². The largest absolute Gasteiger partial charge is 0.361 e. The van der Waals surface area contributed by atoms with Gasteiger partial charge in [-0.05, 0) is 20.8 Å². The number of anilines is 1. The highest BCUT2D eigenvalue weighted by Gasteiger charge is 2.12. The zero-order valence-corrected chi connectivity index (χ0v) is 10.1. The van der Waals surface area contributed by atoms with Crippen LogP contribution >= 0.6 is 11.3 Å². The van der Waals surface area contributed by atoms with Crippen LogP contribution in [0.4, 0.5) is 5.13 Å². The highest BCUT2D eigenvalue weighted by atomic mass is 32.1. The molecule has 84 valence electrons. The molecule has 0 fully saturated rings. The molecule has 0 atom stereocenters. The lowest BCUT2D eigenvalue weighted by Crippen LogP contribution is -2.41. The molecule has 0 aliphatic heterocycles. The van der Waals surface area contributed by atoms with E-state index < -0.39 is 0 Å². The number of amides is 1. The molecule has 1 aromatic rings. The number of hydrogen-bond acceptors (Lipinski definition) is 4. The van der Waals surface area contributed by atoms with Crippen molar-refractivity contribution in [2.75, 3.05) is 11.9 Å². The highest BCUT2D eigenvalue weighted by Crippen LogP contribution is 2.09. The molecule has 0 unspecified atom stereocenters. The average Bonchev–Trinajstić information content (AvgIpc) is 2.53. The summed E-state index contributed by atoms with van der Waals surface area (Å²) in [5.41, 5.74) is -0.154. The fraction of sp³-hybridized carbons (Fsp3) is 0.600. The van der Waals surface area contributed by atoms with Gasteiger partial charge >= 0.3 is 0 Å². The molecule has 1 amide bonds. The third-order valence-electron chi connectivity index (χ3n) is 1.58. The predicted octanol–water partition coefficient (Wildman–Crippen LogP) is 1.86. The van der Waals surface area contributed by atoms with Gasteiger partial charge < -0.3 is 10.6 Å². The zero-order chi connectivity index (χ0) is 11.3. The van der Waals surface area contributed by atoms with Crippen LogP contribution in [0.2, 0.25) is 0 Å². The minimum Gasteiger partial charge on any atom is -0.361 e. The SMILES string of the molecule is CC(C)(C)NC(=O)CCNc1nccs1. The first-order chi connectivity index (χ1) is 6.97. The second kappa shape index (κ2) is 5.11. The van der Waals surface area contributed by atoms with Gasteiger partial charge in [-0.25, -0.2) is 4.98 Å². The molecule has 5 heteroatoms. The van der Waals surface area contributed by atoms with Gasteiger partial charge in [-0.15, -0.1) is 11.3 Å². The number of rotatable bonds is 4. The predicted molar refractivity (Wildman–Crippen MR) is 63.1 cm³/mol. The second-order valence-corrected chi connectivity index (χ2v) is 5.21. The molecule has 0 saturated carbocycles. The number of aromatic nitrogens is 1. The molecule has 0 aliphatic rings. The third kappa shape index (κ3) is 5.37. The summed E-state index contributed by atoms with van der Waals surface area (Å²) in [6.07, 6.45) is 2.21. The summed E-state index contributed by atoms with van der Waals surface area (Å²) in [7, 11) is 0. The van der Waals surface area contributed by atoms with Gasteiger partial charge in [0.25, 0.3) is 0 Å². The molecule has 4 nitrogen and oxygen atoms in total. The molecule has 2 N–H and O–H groups in total. The average molecular weight is 227 g/mol. The van der Waals surface area contributed by atoms with Gasteiger partial charge in [0.05, 0.1) is 0 Å². The highest BCUT2D eigenvalue weighted by molar-refractivity contribution is 7.13. The molecule has 1 aromatic heterocycles. The number of nitrogens with one attached hydrogen (secondary N) is 2. The Bertz CT molecular complexity index is 303. The molecular weight excluding hydrogens is 210 g/mol. The molecule has 0 bridgehead atoms. The van der Waals surface area contributed by atoms with Gasteiger partial charge in [0.2, 0.25) is 5.91 Å². The normalized spacial score (nSPS) is 11.1. The van der Waals surface area contributed by atoms with Gasteiger partial charge in [-0.3, -0.25) is 4.79 Å². The number of nitrogens with zero attached hydrogens (tertiary/aromatic N) is 1. The second-order valence-electron chi connectivity index (χ2n) is 4.31. The number of carbonyl (C=O) groups is 1. The molecular formula is C10H17N3OS. The quantitative estimate of drug-likeness (QED) is 0.825. The van der Waals surface area contributed by atoms with Crippen molar-refractivity contribution in [3.8, 4) is 0 Å². The number of hydrogen-bond donors (Lipinski definition) is 2. The van der Waals surface area contributed by atoms with Gasteiger partial charge in [0, 0.05) is 30.1 Å². The molecule has 0 radical (unpaired) electrons. The van der Waals surface area contributed by atoms with Crippen molar-refractivity contribution in [1.82, 2.24) is 10.3 Å². The lowest BCUT2D eigenvalue weighted by molar-refractivity contribution is -0.122. The van der Waals surface area contributed by atoms with Crippen LogP contribution in [0.1, 0.15) is 27.2 Å². The Labute approximate surface area is 94.1 Å². The lowest BCUT2D eigenvalue weighted by Gasteiger charge is -2.20. The Hall–Kier alpha value is -1.10. The van der Waals surface area contributed by atoms with E-state index in [1.54, 1.807) is 6.20 Å². The van der Waals surface area contributed by atoms with Crippen molar-refractivity contribution in [2.45, 2.75) is 32.7 Å². The van der Waals surface area contributed by atoms with Crippen LogP contribution < -0.4 is 10.6 Å². The van der Waals surface area contributed by atoms with E-state index in [9.17, 15) is 4.79 Å². The van der Waals surface area contributed by atoms with E-state index in [4.69, 9.17) is 0 Å². The molecule has 0 aliphatic carbocycles. The van der Waals surface area contributed by atoms with Crippen molar-refractivity contribution in [3.05, 3.63) is 11.6 Å². The molecule has 15 heavy (non-hydrogen) atoms. The van der Waals surface area contributed by atoms with Gasteiger partial charge in [-0.2, -0.15) is 0 Å². The first-order valence-electron chi connectivity index (χ1n) is 4.92. The first-order valence-corrected chi connectivity index (χ1v) is 5.80. The monoisotopic (exact) mass is 227 g/mol. The molecule has 0 spiro atoms.